The number of benzene rings is 1. The smallest absolute Gasteiger partial charge is 0.0460 e. The second-order valence-corrected chi connectivity index (χ2v) is 4.54. The molecule has 1 nitrogen and oxygen atoms in total. The van der Waals surface area contributed by atoms with Gasteiger partial charge in [-0.05, 0) is 56.7 Å². The lowest BCUT2D eigenvalue weighted by Crippen LogP contribution is -2.19. The number of nitrogens with zero attached hydrogens (tertiary/aromatic N) is 1. The molecule has 0 heterocycles. The molecule has 0 N–H and O–H groups in total. The van der Waals surface area contributed by atoms with Crippen molar-refractivity contribution >= 4 is 5.69 Å². The fourth-order valence-electron chi connectivity index (χ4n) is 1.99. The molecule has 0 aliphatic carbocycles. The maximum atomic E-state index is 3.91. The van der Waals surface area contributed by atoms with Gasteiger partial charge in [0.15, 0.2) is 0 Å². The minimum absolute atomic E-state index is 1.00. The third kappa shape index (κ3) is 4.13. The summed E-state index contributed by atoms with van der Waals surface area (Å²) in [6.07, 6.45) is 11.7. The van der Waals surface area contributed by atoms with Crippen LogP contribution in [0.3, 0.4) is 0 Å². The van der Waals surface area contributed by atoms with E-state index in [0.29, 0.717) is 0 Å². The van der Waals surface area contributed by atoms with Crippen molar-refractivity contribution in [3.05, 3.63) is 90.8 Å². The first-order valence-electron chi connectivity index (χ1n) is 6.75. The van der Waals surface area contributed by atoms with Crippen LogP contribution in [0.1, 0.15) is 19.4 Å². The zero-order chi connectivity index (χ0) is 15.0. The summed E-state index contributed by atoms with van der Waals surface area (Å²) in [5.74, 6) is 0. The van der Waals surface area contributed by atoms with Crippen LogP contribution >= 0.6 is 0 Å². The van der Waals surface area contributed by atoms with Crippen LogP contribution in [0, 0.1) is 6.92 Å². The monoisotopic (exact) mass is 265 g/mol. The molecule has 1 heteroatoms. The van der Waals surface area contributed by atoms with E-state index in [-0.39, 0.29) is 0 Å². The highest BCUT2D eigenvalue weighted by Gasteiger charge is 2.11. The van der Waals surface area contributed by atoms with Gasteiger partial charge in [0.25, 0.3) is 0 Å². The van der Waals surface area contributed by atoms with E-state index in [9.17, 15) is 0 Å². The lowest BCUT2D eigenvalue weighted by molar-refractivity contribution is 1.10. The average molecular weight is 265 g/mol. The molecule has 0 aliphatic heterocycles. The zero-order valence-corrected chi connectivity index (χ0v) is 12.6. The van der Waals surface area contributed by atoms with Crippen LogP contribution in [-0.4, -0.2) is 0 Å². The molecule has 0 unspecified atom stereocenters. The Balaban J connectivity index is 3.37. The largest absolute Gasteiger partial charge is 0.315 e. The van der Waals surface area contributed by atoms with Gasteiger partial charge in [-0.25, -0.2) is 0 Å². The van der Waals surface area contributed by atoms with Gasteiger partial charge < -0.3 is 4.90 Å². The van der Waals surface area contributed by atoms with E-state index >= 15 is 0 Å². The van der Waals surface area contributed by atoms with Gasteiger partial charge in [-0.15, -0.1) is 0 Å². The first-order chi connectivity index (χ1) is 9.63. The summed E-state index contributed by atoms with van der Waals surface area (Å²) in [5.41, 5.74) is 4.48. The number of anilines is 1. The van der Waals surface area contributed by atoms with Gasteiger partial charge in [-0.1, -0.05) is 43.5 Å². The minimum atomic E-state index is 1.00. The minimum Gasteiger partial charge on any atom is -0.315 e. The molecule has 0 fully saturated rings. The SMILES string of the molecule is C=C/C=C(\C=C)N(/C(C)=C/C=C\C)c1cccc(C)c1. The molecule has 0 aliphatic rings. The van der Waals surface area contributed by atoms with Crippen molar-refractivity contribution in [1.29, 1.82) is 0 Å². The third-order valence-corrected chi connectivity index (χ3v) is 2.90. The van der Waals surface area contributed by atoms with E-state index in [1.54, 1.807) is 6.08 Å². The predicted molar refractivity (Wildman–Crippen MR) is 90.7 cm³/mol. The molecular formula is C19H23N. The normalized spacial score (nSPS) is 12.6. The Labute approximate surface area is 122 Å². The Morgan fingerprint density at radius 1 is 1.20 bits per heavy atom. The van der Waals surface area contributed by atoms with Crippen LogP contribution in [0.4, 0.5) is 5.69 Å². The summed E-state index contributed by atoms with van der Waals surface area (Å²) in [6, 6.07) is 8.42. The quantitative estimate of drug-likeness (QED) is 0.611. The molecule has 0 spiro atoms. The second-order valence-electron chi connectivity index (χ2n) is 4.54. The van der Waals surface area contributed by atoms with Crippen molar-refractivity contribution < 1.29 is 0 Å². The lowest BCUT2D eigenvalue weighted by Gasteiger charge is -2.27. The Bertz CT molecular complexity index is 559. The van der Waals surface area contributed by atoms with E-state index in [1.165, 1.54) is 5.56 Å². The fraction of sp³-hybridized carbons (Fsp3) is 0.158. The van der Waals surface area contributed by atoms with Crippen LogP contribution in [0.2, 0.25) is 0 Å². The summed E-state index contributed by atoms with van der Waals surface area (Å²) in [4.78, 5) is 2.17. The van der Waals surface area contributed by atoms with Gasteiger partial charge in [-0.2, -0.15) is 0 Å². The molecule has 1 aromatic rings. The molecule has 104 valence electrons. The first-order valence-corrected chi connectivity index (χ1v) is 6.75. The van der Waals surface area contributed by atoms with Crippen LogP contribution < -0.4 is 4.90 Å². The average Bonchev–Trinajstić information content (AvgIpc) is 2.44. The van der Waals surface area contributed by atoms with Crippen LogP contribution in [-0.2, 0) is 0 Å². The molecule has 0 amide bonds. The van der Waals surface area contributed by atoms with Crippen molar-refractivity contribution in [3.63, 3.8) is 0 Å². The summed E-state index contributed by atoms with van der Waals surface area (Å²) in [6.45, 7) is 13.9. The van der Waals surface area contributed by atoms with Crippen molar-refractivity contribution in [2.75, 3.05) is 4.90 Å². The highest BCUT2D eigenvalue weighted by atomic mass is 15.1. The number of hydrogen-bond donors (Lipinski definition) is 0. The van der Waals surface area contributed by atoms with E-state index in [1.807, 2.05) is 31.2 Å². The van der Waals surface area contributed by atoms with E-state index in [2.05, 4.69) is 62.2 Å². The Morgan fingerprint density at radius 3 is 2.50 bits per heavy atom. The van der Waals surface area contributed by atoms with Gasteiger partial charge >= 0.3 is 0 Å². The molecule has 0 saturated carbocycles. The fourth-order valence-corrected chi connectivity index (χ4v) is 1.99. The summed E-state index contributed by atoms with van der Waals surface area (Å²) >= 11 is 0. The van der Waals surface area contributed by atoms with E-state index in [4.69, 9.17) is 0 Å². The molecular weight excluding hydrogens is 242 g/mol. The van der Waals surface area contributed by atoms with Gasteiger partial charge in [0.05, 0.1) is 0 Å². The Morgan fingerprint density at radius 2 is 1.95 bits per heavy atom. The van der Waals surface area contributed by atoms with Crippen LogP contribution in [0.25, 0.3) is 0 Å². The lowest BCUT2D eigenvalue weighted by atomic mass is 10.1. The molecule has 1 rings (SSSR count). The van der Waals surface area contributed by atoms with Gasteiger partial charge in [0, 0.05) is 17.1 Å². The number of hydrogen-bond acceptors (Lipinski definition) is 1. The molecule has 0 radical (unpaired) electrons. The maximum absolute atomic E-state index is 3.91. The van der Waals surface area contributed by atoms with Crippen LogP contribution in [0.5, 0.6) is 0 Å². The molecule has 1 aromatic carbocycles. The molecule has 0 aromatic heterocycles. The van der Waals surface area contributed by atoms with Gasteiger partial charge in [-0.3, -0.25) is 0 Å². The number of aryl methyl sites for hydroxylation is 1. The maximum Gasteiger partial charge on any atom is 0.0460 e. The zero-order valence-electron chi connectivity index (χ0n) is 12.6. The predicted octanol–water partition coefficient (Wildman–Crippen LogP) is 5.54. The Hall–Kier alpha value is -2.28. The van der Waals surface area contributed by atoms with E-state index in [0.717, 1.165) is 17.1 Å². The van der Waals surface area contributed by atoms with Gasteiger partial charge in [0.2, 0.25) is 0 Å². The standard InChI is InChI=1S/C19H23N/c1-6-9-13-17(5)20(18(8-3)11-7-2)19-14-10-12-16(4)15-19/h6-15H,2-3H2,1,4-5H3/b9-6-,17-13+,18-11+. The van der Waals surface area contributed by atoms with Crippen molar-refractivity contribution in [2.45, 2.75) is 20.8 Å². The summed E-state index contributed by atoms with van der Waals surface area (Å²) in [5, 5.41) is 0. The molecule has 0 bridgehead atoms. The Kier molecular flexibility index (Phi) is 6.31. The topological polar surface area (TPSA) is 3.24 Å². The van der Waals surface area contributed by atoms with E-state index < -0.39 is 0 Å². The van der Waals surface area contributed by atoms with Crippen molar-refractivity contribution in [2.24, 2.45) is 0 Å². The number of allylic oxidation sites excluding steroid dienone is 7. The number of rotatable bonds is 6. The second kappa shape index (κ2) is 8.00. The third-order valence-electron chi connectivity index (χ3n) is 2.90. The first kappa shape index (κ1) is 15.8. The van der Waals surface area contributed by atoms with Crippen molar-refractivity contribution in [1.82, 2.24) is 0 Å². The highest BCUT2D eigenvalue weighted by molar-refractivity contribution is 5.61. The highest BCUT2D eigenvalue weighted by Crippen LogP contribution is 2.25. The molecule has 0 saturated heterocycles. The van der Waals surface area contributed by atoms with Crippen molar-refractivity contribution in [3.8, 4) is 0 Å². The van der Waals surface area contributed by atoms with Gasteiger partial charge in [0.1, 0.15) is 0 Å². The summed E-state index contributed by atoms with van der Waals surface area (Å²) in [7, 11) is 0. The summed E-state index contributed by atoms with van der Waals surface area (Å²) < 4.78 is 0. The molecule has 0 atom stereocenters. The van der Waals surface area contributed by atoms with Crippen LogP contribution in [0.15, 0.2) is 85.3 Å². The molecule has 20 heavy (non-hydrogen) atoms.